The molecule has 2 aliphatic rings. The van der Waals surface area contributed by atoms with E-state index in [-0.39, 0.29) is 17.8 Å². The Morgan fingerprint density at radius 3 is 2.27 bits per heavy atom. The molecule has 4 rings (SSSR count). The number of carbonyl (C=O) groups is 3. The van der Waals surface area contributed by atoms with Crippen LogP contribution in [0.15, 0.2) is 48.5 Å². The molecule has 7 heteroatoms. The third-order valence-corrected chi connectivity index (χ3v) is 6.27. The highest BCUT2D eigenvalue weighted by atomic mass is 16.2. The van der Waals surface area contributed by atoms with Crippen molar-refractivity contribution in [2.24, 2.45) is 0 Å². The summed E-state index contributed by atoms with van der Waals surface area (Å²) in [7, 11) is 0. The van der Waals surface area contributed by atoms with Crippen LogP contribution in [0.25, 0.3) is 0 Å². The zero-order chi connectivity index (χ0) is 23.0. The lowest BCUT2D eigenvalue weighted by atomic mass is 10.1. The molecule has 2 N–H and O–H groups in total. The summed E-state index contributed by atoms with van der Waals surface area (Å²) in [5, 5.41) is 5.69. The predicted octanol–water partition coefficient (Wildman–Crippen LogP) is 4.15. The Kier molecular flexibility index (Phi) is 7.60. The van der Waals surface area contributed by atoms with Gasteiger partial charge >= 0.3 is 6.03 Å². The van der Waals surface area contributed by atoms with Crippen LogP contribution in [0.2, 0.25) is 0 Å². The van der Waals surface area contributed by atoms with Crippen LogP contribution in [0.5, 0.6) is 0 Å². The number of carbonyl (C=O) groups excluding carboxylic acids is 3. The summed E-state index contributed by atoms with van der Waals surface area (Å²) in [5.74, 6) is 0.264. The molecule has 7 nitrogen and oxygen atoms in total. The predicted molar refractivity (Wildman–Crippen MR) is 128 cm³/mol. The van der Waals surface area contributed by atoms with E-state index in [1.54, 1.807) is 24.3 Å². The minimum absolute atomic E-state index is 0.0587. The number of benzene rings is 2. The molecule has 2 heterocycles. The molecule has 0 spiro atoms. The van der Waals surface area contributed by atoms with E-state index in [1.807, 2.05) is 34.1 Å². The quantitative estimate of drug-likeness (QED) is 0.697. The minimum atomic E-state index is -0.304. The number of hydrogen-bond acceptors (Lipinski definition) is 3. The van der Waals surface area contributed by atoms with E-state index in [4.69, 9.17) is 0 Å². The second-order valence-corrected chi connectivity index (χ2v) is 8.83. The lowest BCUT2D eigenvalue weighted by Crippen LogP contribution is -2.31. The van der Waals surface area contributed by atoms with Crippen molar-refractivity contribution in [1.29, 1.82) is 0 Å². The Labute approximate surface area is 195 Å². The standard InChI is InChI=1S/C26H32N4O3/c31-24-9-6-16-30(24)19-21-8-5-7-20(17-21)18-27-26(33)28-23-12-10-22(11-13-23)25(32)29-14-3-1-2-4-15-29/h5,7-8,10-13,17H,1-4,6,9,14-16,18-19H2,(H2,27,28,33). The first-order chi connectivity index (χ1) is 16.1. The van der Waals surface area contributed by atoms with E-state index >= 15 is 0 Å². The fourth-order valence-electron chi connectivity index (χ4n) is 4.44. The van der Waals surface area contributed by atoms with Gasteiger partial charge in [-0.3, -0.25) is 9.59 Å². The molecule has 2 aromatic carbocycles. The molecular formula is C26H32N4O3. The Hall–Kier alpha value is -3.35. The third kappa shape index (κ3) is 6.34. The van der Waals surface area contributed by atoms with E-state index in [9.17, 15) is 14.4 Å². The highest BCUT2D eigenvalue weighted by Gasteiger charge is 2.20. The minimum Gasteiger partial charge on any atom is -0.339 e. The van der Waals surface area contributed by atoms with Crippen LogP contribution in [0.3, 0.4) is 0 Å². The van der Waals surface area contributed by atoms with Crippen LogP contribution in [-0.2, 0) is 17.9 Å². The first-order valence-electron chi connectivity index (χ1n) is 11.9. The summed E-state index contributed by atoms with van der Waals surface area (Å²) in [5.41, 5.74) is 3.33. The molecule has 0 radical (unpaired) electrons. The molecule has 0 saturated carbocycles. The largest absolute Gasteiger partial charge is 0.339 e. The van der Waals surface area contributed by atoms with Gasteiger partial charge in [0.25, 0.3) is 5.91 Å². The van der Waals surface area contributed by atoms with Gasteiger partial charge < -0.3 is 20.4 Å². The first-order valence-corrected chi connectivity index (χ1v) is 11.9. The van der Waals surface area contributed by atoms with Crippen LogP contribution < -0.4 is 10.6 Å². The highest BCUT2D eigenvalue weighted by molar-refractivity contribution is 5.95. The molecule has 2 fully saturated rings. The topological polar surface area (TPSA) is 81.8 Å². The molecule has 2 saturated heterocycles. The average molecular weight is 449 g/mol. The number of likely N-dealkylation sites (tertiary alicyclic amines) is 2. The van der Waals surface area contributed by atoms with Crippen molar-refractivity contribution < 1.29 is 14.4 Å². The van der Waals surface area contributed by atoms with Gasteiger partial charge in [-0.25, -0.2) is 4.79 Å². The first kappa shape index (κ1) is 22.8. The van der Waals surface area contributed by atoms with Crippen molar-refractivity contribution >= 4 is 23.5 Å². The zero-order valence-electron chi connectivity index (χ0n) is 19.0. The summed E-state index contributed by atoms with van der Waals surface area (Å²) in [6.07, 6.45) is 6.05. The van der Waals surface area contributed by atoms with Crippen molar-refractivity contribution in [3.05, 3.63) is 65.2 Å². The molecule has 0 atom stereocenters. The monoisotopic (exact) mass is 448 g/mol. The Morgan fingerprint density at radius 2 is 1.58 bits per heavy atom. The van der Waals surface area contributed by atoms with Gasteiger partial charge in [0, 0.05) is 50.4 Å². The van der Waals surface area contributed by atoms with Crippen LogP contribution in [-0.4, -0.2) is 47.3 Å². The Bertz CT molecular complexity index is 981. The van der Waals surface area contributed by atoms with Crippen molar-refractivity contribution in [2.75, 3.05) is 25.0 Å². The highest BCUT2D eigenvalue weighted by Crippen LogP contribution is 2.17. The van der Waals surface area contributed by atoms with Crippen molar-refractivity contribution in [1.82, 2.24) is 15.1 Å². The zero-order valence-corrected chi connectivity index (χ0v) is 19.0. The molecule has 0 aliphatic carbocycles. The maximum atomic E-state index is 12.7. The van der Waals surface area contributed by atoms with E-state index in [0.717, 1.165) is 50.0 Å². The average Bonchev–Trinajstić information content (AvgIpc) is 3.06. The van der Waals surface area contributed by atoms with Crippen LogP contribution in [0.4, 0.5) is 10.5 Å². The van der Waals surface area contributed by atoms with Crippen molar-refractivity contribution in [3.8, 4) is 0 Å². The number of hydrogen-bond donors (Lipinski definition) is 2. The van der Waals surface area contributed by atoms with Crippen LogP contribution >= 0.6 is 0 Å². The fraction of sp³-hybridized carbons (Fsp3) is 0.423. The number of amides is 4. The molecule has 0 bridgehead atoms. The van der Waals surface area contributed by atoms with E-state index in [0.29, 0.717) is 30.8 Å². The van der Waals surface area contributed by atoms with Gasteiger partial charge in [0.2, 0.25) is 5.91 Å². The summed E-state index contributed by atoms with van der Waals surface area (Å²) in [6.45, 7) is 3.44. The third-order valence-electron chi connectivity index (χ3n) is 6.27. The van der Waals surface area contributed by atoms with E-state index in [1.165, 1.54) is 12.8 Å². The summed E-state index contributed by atoms with van der Waals surface area (Å²) >= 11 is 0. The van der Waals surface area contributed by atoms with Gasteiger partial charge in [-0.2, -0.15) is 0 Å². The molecule has 2 aromatic rings. The molecule has 2 aliphatic heterocycles. The number of urea groups is 1. The Balaban J connectivity index is 1.26. The number of nitrogens with one attached hydrogen (secondary N) is 2. The fourth-order valence-corrected chi connectivity index (χ4v) is 4.44. The van der Waals surface area contributed by atoms with Gasteiger partial charge in [-0.15, -0.1) is 0 Å². The van der Waals surface area contributed by atoms with Gasteiger partial charge in [0.1, 0.15) is 0 Å². The molecule has 174 valence electrons. The second kappa shape index (κ2) is 11.0. The van der Waals surface area contributed by atoms with Gasteiger partial charge in [-0.1, -0.05) is 37.1 Å². The number of nitrogens with zero attached hydrogens (tertiary/aromatic N) is 2. The molecule has 4 amide bonds. The molecule has 0 aromatic heterocycles. The maximum Gasteiger partial charge on any atom is 0.319 e. The lowest BCUT2D eigenvalue weighted by Gasteiger charge is -2.20. The molecule has 33 heavy (non-hydrogen) atoms. The van der Waals surface area contributed by atoms with Gasteiger partial charge in [0.15, 0.2) is 0 Å². The summed E-state index contributed by atoms with van der Waals surface area (Å²) in [6, 6.07) is 14.7. The van der Waals surface area contributed by atoms with Crippen LogP contribution in [0, 0.1) is 0 Å². The summed E-state index contributed by atoms with van der Waals surface area (Å²) in [4.78, 5) is 40.7. The Morgan fingerprint density at radius 1 is 0.848 bits per heavy atom. The number of anilines is 1. The SMILES string of the molecule is O=C(NCc1cccc(CN2CCCC2=O)c1)Nc1ccc(C(=O)N2CCCCCC2)cc1. The molecular weight excluding hydrogens is 416 g/mol. The molecule has 0 unspecified atom stereocenters. The van der Waals surface area contributed by atoms with Crippen LogP contribution in [0.1, 0.15) is 60.0 Å². The van der Waals surface area contributed by atoms with Gasteiger partial charge in [0.05, 0.1) is 0 Å². The van der Waals surface area contributed by atoms with E-state index in [2.05, 4.69) is 10.6 Å². The van der Waals surface area contributed by atoms with E-state index < -0.39 is 0 Å². The maximum absolute atomic E-state index is 12.7. The smallest absolute Gasteiger partial charge is 0.319 e. The summed E-state index contributed by atoms with van der Waals surface area (Å²) < 4.78 is 0. The lowest BCUT2D eigenvalue weighted by molar-refractivity contribution is -0.128. The van der Waals surface area contributed by atoms with Crippen molar-refractivity contribution in [2.45, 2.75) is 51.6 Å². The second-order valence-electron chi connectivity index (χ2n) is 8.83. The normalized spacial score (nSPS) is 16.4. The van der Waals surface area contributed by atoms with Gasteiger partial charge in [-0.05, 0) is 54.7 Å². The van der Waals surface area contributed by atoms with Crippen molar-refractivity contribution in [3.63, 3.8) is 0 Å². The number of rotatable bonds is 6.